The Bertz CT molecular complexity index is 606. The van der Waals surface area contributed by atoms with E-state index in [0.29, 0.717) is 11.8 Å². The molecule has 2 unspecified atom stereocenters. The van der Waals surface area contributed by atoms with E-state index in [4.69, 9.17) is 4.74 Å². The lowest BCUT2D eigenvalue weighted by molar-refractivity contribution is 0.268. The van der Waals surface area contributed by atoms with Crippen LogP contribution in [0.15, 0.2) is 72.4 Å². The SMILES string of the molecule is C1=CC(C2=CC3c4ccccc4OC3C=C2)C=CC1. The van der Waals surface area contributed by atoms with E-state index >= 15 is 0 Å². The van der Waals surface area contributed by atoms with E-state index in [0.717, 1.165) is 12.2 Å². The second-order valence-electron chi connectivity index (χ2n) is 5.29. The van der Waals surface area contributed by atoms with Crippen LogP contribution in [-0.2, 0) is 0 Å². The minimum atomic E-state index is 0.178. The zero-order chi connectivity index (χ0) is 12.7. The number of hydrogen-bond acceptors (Lipinski definition) is 1. The second kappa shape index (κ2) is 4.27. The van der Waals surface area contributed by atoms with Crippen molar-refractivity contribution in [1.82, 2.24) is 0 Å². The van der Waals surface area contributed by atoms with E-state index < -0.39 is 0 Å². The Balaban J connectivity index is 1.71. The molecule has 0 radical (unpaired) electrons. The Labute approximate surface area is 113 Å². The van der Waals surface area contributed by atoms with Gasteiger partial charge in [0.2, 0.25) is 0 Å². The van der Waals surface area contributed by atoms with Crippen LogP contribution in [-0.4, -0.2) is 6.10 Å². The monoisotopic (exact) mass is 248 g/mol. The van der Waals surface area contributed by atoms with Crippen LogP contribution in [0.1, 0.15) is 17.9 Å². The van der Waals surface area contributed by atoms with E-state index in [1.807, 2.05) is 6.07 Å². The van der Waals surface area contributed by atoms with E-state index in [1.165, 1.54) is 11.1 Å². The lowest BCUT2D eigenvalue weighted by Gasteiger charge is -2.22. The number of rotatable bonds is 1. The number of fused-ring (bicyclic) bond motifs is 3. The number of para-hydroxylation sites is 1. The molecule has 0 spiro atoms. The van der Waals surface area contributed by atoms with Crippen LogP contribution in [0.3, 0.4) is 0 Å². The van der Waals surface area contributed by atoms with Crippen LogP contribution in [0, 0.1) is 5.92 Å². The second-order valence-corrected chi connectivity index (χ2v) is 5.29. The lowest BCUT2D eigenvalue weighted by atomic mass is 9.83. The molecular formula is C18H16O. The Morgan fingerprint density at radius 1 is 1.00 bits per heavy atom. The Morgan fingerprint density at radius 2 is 1.84 bits per heavy atom. The molecule has 4 rings (SSSR count). The molecule has 0 saturated heterocycles. The molecular weight excluding hydrogens is 232 g/mol. The summed E-state index contributed by atoms with van der Waals surface area (Å²) in [6, 6.07) is 8.38. The van der Waals surface area contributed by atoms with Gasteiger partial charge in [0.1, 0.15) is 11.9 Å². The molecule has 0 bridgehead atoms. The van der Waals surface area contributed by atoms with E-state index in [9.17, 15) is 0 Å². The lowest BCUT2D eigenvalue weighted by Crippen LogP contribution is -2.18. The van der Waals surface area contributed by atoms with Crippen LogP contribution in [0.4, 0.5) is 0 Å². The van der Waals surface area contributed by atoms with Crippen LogP contribution < -0.4 is 4.74 Å². The summed E-state index contributed by atoms with van der Waals surface area (Å²) in [5.41, 5.74) is 2.70. The van der Waals surface area contributed by atoms with Crippen LogP contribution in [0.2, 0.25) is 0 Å². The molecule has 1 aromatic rings. The van der Waals surface area contributed by atoms with Crippen LogP contribution >= 0.6 is 0 Å². The third-order valence-corrected chi connectivity index (χ3v) is 4.09. The van der Waals surface area contributed by atoms with Gasteiger partial charge < -0.3 is 4.74 Å². The van der Waals surface area contributed by atoms with E-state index in [-0.39, 0.29) is 6.10 Å². The van der Waals surface area contributed by atoms with Gasteiger partial charge in [0.25, 0.3) is 0 Å². The van der Waals surface area contributed by atoms with Crippen molar-refractivity contribution in [2.24, 2.45) is 5.92 Å². The van der Waals surface area contributed by atoms with Crippen molar-refractivity contribution in [2.45, 2.75) is 18.4 Å². The maximum Gasteiger partial charge on any atom is 0.128 e. The van der Waals surface area contributed by atoms with E-state index in [2.05, 4.69) is 60.7 Å². The fourth-order valence-corrected chi connectivity index (χ4v) is 3.11. The van der Waals surface area contributed by atoms with Gasteiger partial charge in [0, 0.05) is 17.4 Å². The van der Waals surface area contributed by atoms with Crippen LogP contribution in [0.5, 0.6) is 5.75 Å². The topological polar surface area (TPSA) is 9.23 Å². The van der Waals surface area contributed by atoms with Gasteiger partial charge >= 0.3 is 0 Å². The fraction of sp³-hybridized carbons (Fsp3) is 0.222. The highest BCUT2D eigenvalue weighted by molar-refractivity contribution is 5.49. The number of hydrogen-bond donors (Lipinski definition) is 0. The maximum absolute atomic E-state index is 5.98. The van der Waals surface area contributed by atoms with Gasteiger partial charge in [-0.2, -0.15) is 0 Å². The number of ether oxygens (including phenoxy) is 1. The molecule has 0 saturated carbocycles. The smallest absolute Gasteiger partial charge is 0.128 e. The van der Waals surface area contributed by atoms with Crippen molar-refractivity contribution in [2.75, 3.05) is 0 Å². The Morgan fingerprint density at radius 3 is 2.74 bits per heavy atom. The molecule has 2 atom stereocenters. The molecule has 3 aliphatic rings. The van der Waals surface area contributed by atoms with Gasteiger partial charge in [-0.3, -0.25) is 0 Å². The average molecular weight is 248 g/mol. The largest absolute Gasteiger partial charge is 0.485 e. The summed E-state index contributed by atoms with van der Waals surface area (Å²) in [7, 11) is 0. The minimum Gasteiger partial charge on any atom is -0.485 e. The summed E-state index contributed by atoms with van der Waals surface area (Å²) in [5, 5.41) is 0. The van der Waals surface area contributed by atoms with Crippen molar-refractivity contribution in [3.8, 4) is 5.75 Å². The molecule has 1 heteroatoms. The summed E-state index contributed by atoms with van der Waals surface area (Å²) in [6.45, 7) is 0. The predicted octanol–water partition coefficient (Wildman–Crippen LogP) is 4.16. The first-order valence-electron chi connectivity index (χ1n) is 6.91. The van der Waals surface area contributed by atoms with Crippen LogP contribution in [0.25, 0.3) is 0 Å². The number of allylic oxidation sites excluding steroid dienone is 6. The molecule has 1 aliphatic heterocycles. The molecule has 0 N–H and O–H groups in total. The summed E-state index contributed by atoms with van der Waals surface area (Å²) >= 11 is 0. The molecule has 1 aromatic carbocycles. The summed E-state index contributed by atoms with van der Waals surface area (Å²) < 4.78 is 5.98. The first-order chi connectivity index (χ1) is 9.42. The van der Waals surface area contributed by atoms with Crippen molar-refractivity contribution >= 4 is 0 Å². The molecule has 1 nitrogen and oxygen atoms in total. The highest BCUT2D eigenvalue weighted by atomic mass is 16.5. The molecule has 2 aliphatic carbocycles. The third-order valence-electron chi connectivity index (χ3n) is 4.09. The van der Waals surface area contributed by atoms with Gasteiger partial charge in [0.15, 0.2) is 0 Å². The molecule has 94 valence electrons. The third kappa shape index (κ3) is 1.77. The first-order valence-corrected chi connectivity index (χ1v) is 6.91. The predicted molar refractivity (Wildman–Crippen MR) is 77.2 cm³/mol. The molecule has 1 heterocycles. The minimum absolute atomic E-state index is 0.178. The van der Waals surface area contributed by atoms with Crippen molar-refractivity contribution in [3.05, 3.63) is 77.9 Å². The van der Waals surface area contributed by atoms with Crippen molar-refractivity contribution in [3.63, 3.8) is 0 Å². The van der Waals surface area contributed by atoms with Gasteiger partial charge in [-0.25, -0.2) is 0 Å². The average Bonchev–Trinajstić information content (AvgIpc) is 2.86. The number of benzene rings is 1. The van der Waals surface area contributed by atoms with Gasteiger partial charge in [-0.05, 0) is 24.1 Å². The standard InChI is InChI=1S/C18H16O/c1-2-6-13(7-3-1)14-10-11-18-16(12-14)15-8-4-5-9-17(15)19-18/h2-13,16,18H,1H2. The normalized spacial score (nSPS) is 27.7. The first kappa shape index (κ1) is 10.9. The Kier molecular flexibility index (Phi) is 2.44. The van der Waals surface area contributed by atoms with Gasteiger partial charge in [-0.1, -0.05) is 54.7 Å². The molecule has 0 aromatic heterocycles. The fourth-order valence-electron chi connectivity index (χ4n) is 3.11. The van der Waals surface area contributed by atoms with Crippen molar-refractivity contribution < 1.29 is 4.74 Å². The highest BCUT2D eigenvalue weighted by Crippen LogP contribution is 2.43. The Hall–Kier alpha value is -2.02. The van der Waals surface area contributed by atoms with Gasteiger partial charge in [0.05, 0.1) is 0 Å². The summed E-state index contributed by atoms with van der Waals surface area (Å²) in [5.74, 6) is 1.84. The molecule has 0 amide bonds. The van der Waals surface area contributed by atoms with Crippen molar-refractivity contribution in [1.29, 1.82) is 0 Å². The zero-order valence-corrected chi connectivity index (χ0v) is 10.7. The highest BCUT2D eigenvalue weighted by Gasteiger charge is 2.33. The molecule has 0 fully saturated rings. The zero-order valence-electron chi connectivity index (χ0n) is 10.7. The quantitative estimate of drug-likeness (QED) is 0.678. The maximum atomic E-state index is 5.98. The van der Waals surface area contributed by atoms with E-state index in [1.54, 1.807) is 0 Å². The summed E-state index contributed by atoms with van der Waals surface area (Å²) in [4.78, 5) is 0. The molecule has 19 heavy (non-hydrogen) atoms. The van der Waals surface area contributed by atoms with Gasteiger partial charge in [-0.15, -0.1) is 0 Å². The summed E-state index contributed by atoms with van der Waals surface area (Å²) in [6.07, 6.45) is 17.1.